The first kappa shape index (κ1) is 21.7. The van der Waals surface area contributed by atoms with Gasteiger partial charge in [-0.15, -0.1) is 0 Å². The molecule has 33 heavy (non-hydrogen) atoms. The van der Waals surface area contributed by atoms with E-state index >= 15 is 0 Å². The fraction of sp³-hybridized carbons (Fsp3) is 0.407. The van der Waals surface area contributed by atoms with Crippen LogP contribution in [-0.2, 0) is 19.9 Å². The van der Waals surface area contributed by atoms with Gasteiger partial charge in [0.15, 0.2) is 0 Å². The van der Waals surface area contributed by atoms with Gasteiger partial charge in [0.25, 0.3) is 5.91 Å². The molecule has 1 aromatic heterocycles. The van der Waals surface area contributed by atoms with Crippen LogP contribution in [0.5, 0.6) is 0 Å². The van der Waals surface area contributed by atoms with Gasteiger partial charge in [0.1, 0.15) is 5.82 Å². The average Bonchev–Trinajstić information content (AvgIpc) is 3.19. The van der Waals surface area contributed by atoms with E-state index in [2.05, 4.69) is 63.5 Å². The minimum absolute atomic E-state index is 0.0447. The third-order valence-electron chi connectivity index (χ3n) is 7.19. The number of piperazine rings is 1. The molecule has 6 nitrogen and oxygen atoms in total. The molecule has 3 aromatic rings. The second-order valence-corrected chi connectivity index (χ2v) is 9.18. The number of rotatable bonds is 5. The first-order valence-electron chi connectivity index (χ1n) is 12.1. The van der Waals surface area contributed by atoms with Gasteiger partial charge in [0.2, 0.25) is 0 Å². The van der Waals surface area contributed by atoms with Crippen LogP contribution in [0.1, 0.15) is 53.0 Å². The van der Waals surface area contributed by atoms with Crippen molar-refractivity contribution in [3.63, 3.8) is 0 Å². The Morgan fingerprint density at radius 2 is 1.64 bits per heavy atom. The molecular formula is C27H33N5O. The summed E-state index contributed by atoms with van der Waals surface area (Å²) in [6, 6.07) is 18.8. The monoisotopic (exact) mass is 443 g/mol. The van der Waals surface area contributed by atoms with E-state index in [0.717, 1.165) is 68.1 Å². The fourth-order valence-corrected chi connectivity index (χ4v) is 5.28. The van der Waals surface area contributed by atoms with Crippen molar-refractivity contribution >= 4 is 17.4 Å². The van der Waals surface area contributed by atoms with Crippen molar-refractivity contribution in [3.05, 3.63) is 77.0 Å². The summed E-state index contributed by atoms with van der Waals surface area (Å²) in [4.78, 5) is 18.3. The molecule has 1 saturated heterocycles. The number of fused-ring (bicyclic) bond motifs is 1. The predicted octanol–water partition coefficient (Wildman–Crippen LogP) is 4.43. The smallest absolute Gasteiger partial charge is 0.257 e. The highest BCUT2D eigenvalue weighted by molar-refractivity contribution is 6.05. The third-order valence-corrected chi connectivity index (χ3v) is 7.19. The van der Waals surface area contributed by atoms with Crippen LogP contribution in [0.25, 0.3) is 0 Å². The van der Waals surface area contributed by atoms with Gasteiger partial charge in [-0.05, 0) is 56.4 Å². The van der Waals surface area contributed by atoms with E-state index < -0.39 is 0 Å². The maximum atomic E-state index is 13.4. The molecule has 1 amide bonds. The second kappa shape index (κ2) is 9.40. The lowest BCUT2D eigenvalue weighted by Crippen LogP contribution is -2.47. The minimum atomic E-state index is -0.0447. The molecule has 1 aliphatic carbocycles. The number of nitrogens with one attached hydrogen (secondary N) is 1. The fourth-order valence-electron chi connectivity index (χ4n) is 5.28. The molecule has 2 heterocycles. The van der Waals surface area contributed by atoms with Gasteiger partial charge in [0, 0.05) is 56.1 Å². The molecule has 6 heteroatoms. The number of aryl methyl sites for hydroxylation is 2. The standard InChI is InChI=1S/C27H33N5O/c1-20(31-16-18-32(19-17-31)21-10-4-3-5-11-21)22-12-6-7-13-23(22)27(33)28-26-24-14-8-9-15-25(24)29-30(26)2/h3-7,10-13,20H,8-9,14-19H2,1-2H3,(H,28,33). The molecule has 1 N–H and O–H groups in total. The van der Waals surface area contributed by atoms with Crippen molar-refractivity contribution in [2.24, 2.45) is 7.05 Å². The molecule has 1 atom stereocenters. The van der Waals surface area contributed by atoms with Crippen molar-refractivity contribution in [1.29, 1.82) is 0 Å². The number of hydrogen-bond acceptors (Lipinski definition) is 4. The molecule has 172 valence electrons. The third kappa shape index (κ3) is 4.40. The van der Waals surface area contributed by atoms with E-state index in [-0.39, 0.29) is 11.9 Å². The first-order valence-corrected chi connectivity index (χ1v) is 12.1. The largest absolute Gasteiger partial charge is 0.369 e. The maximum absolute atomic E-state index is 13.4. The average molecular weight is 444 g/mol. The molecule has 1 fully saturated rings. The lowest BCUT2D eigenvalue weighted by Gasteiger charge is -2.39. The van der Waals surface area contributed by atoms with Gasteiger partial charge in [0.05, 0.1) is 5.69 Å². The molecule has 1 aliphatic heterocycles. The number of benzene rings is 2. The van der Waals surface area contributed by atoms with E-state index in [9.17, 15) is 4.79 Å². The SMILES string of the molecule is CC(c1ccccc1C(=O)Nc1c2c(nn1C)CCCC2)N1CCN(c2ccccc2)CC1. The molecule has 2 aromatic carbocycles. The van der Waals surface area contributed by atoms with Crippen molar-refractivity contribution in [3.8, 4) is 0 Å². The number of amides is 1. The minimum Gasteiger partial charge on any atom is -0.369 e. The zero-order valence-corrected chi connectivity index (χ0v) is 19.6. The Kier molecular flexibility index (Phi) is 6.18. The Balaban J connectivity index is 1.31. The van der Waals surface area contributed by atoms with Crippen LogP contribution in [0.2, 0.25) is 0 Å². The van der Waals surface area contributed by atoms with Gasteiger partial charge in [-0.3, -0.25) is 14.4 Å². The highest BCUT2D eigenvalue weighted by atomic mass is 16.1. The normalized spacial score (nSPS) is 17.5. The molecule has 0 radical (unpaired) electrons. The van der Waals surface area contributed by atoms with Crippen LogP contribution in [0.4, 0.5) is 11.5 Å². The number of hydrogen-bond donors (Lipinski definition) is 1. The van der Waals surface area contributed by atoms with Gasteiger partial charge < -0.3 is 10.2 Å². The number of anilines is 2. The molecule has 0 saturated carbocycles. The van der Waals surface area contributed by atoms with E-state index in [1.54, 1.807) is 0 Å². The Morgan fingerprint density at radius 1 is 0.939 bits per heavy atom. The Bertz CT molecular complexity index is 1110. The summed E-state index contributed by atoms with van der Waals surface area (Å²) >= 11 is 0. The zero-order chi connectivity index (χ0) is 22.8. The topological polar surface area (TPSA) is 53.4 Å². The maximum Gasteiger partial charge on any atom is 0.257 e. The number of para-hydroxylation sites is 1. The number of carbonyl (C=O) groups is 1. The molecule has 5 rings (SSSR count). The van der Waals surface area contributed by atoms with Crippen molar-refractivity contribution in [1.82, 2.24) is 14.7 Å². The zero-order valence-electron chi connectivity index (χ0n) is 19.6. The van der Waals surface area contributed by atoms with Crippen molar-refractivity contribution in [2.75, 3.05) is 36.4 Å². The Labute approximate surface area is 196 Å². The van der Waals surface area contributed by atoms with Gasteiger partial charge in [-0.1, -0.05) is 36.4 Å². The summed E-state index contributed by atoms with van der Waals surface area (Å²) in [5, 5.41) is 7.85. The van der Waals surface area contributed by atoms with Crippen LogP contribution in [0.15, 0.2) is 54.6 Å². The van der Waals surface area contributed by atoms with Crippen molar-refractivity contribution in [2.45, 2.75) is 38.6 Å². The van der Waals surface area contributed by atoms with E-state index in [0.29, 0.717) is 0 Å². The number of carbonyl (C=O) groups excluding carboxylic acids is 1. The number of aromatic nitrogens is 2. The van der Waals surface area contributed by atoms with Crippen LogP contribution in [0.3, 0.4) is 0 Å². The highest BCUT2D eigenvalue weighted by Crippen LogP contribution is 2.30. The van der Waals surface area contributed by atoms with Crippen molar-refractivity contribution < 1.29 is 4.79 Å². The van der Waals surface area contributed by atoms with Gasteiger partial charge in [-0.2, -0.15) is 5.10 Å². The molecule has 0 spiro atoms. The van der Waals surface area contributed by atoms with Gasteiger partial charge >= 0.3 is 0 Å². The molecular weight excluding hydrogens is 410 g/mol. The Hall–Kier alpha value is -3.12. The van der Waals surface area contributed by atoms with Crippen LogP contribution < -0.4 is 10.2 Å². The van der Waals surface area contributed by atoms with E-state index in [1.165, 1.54) is 17.7 Å². The summed E-state index contributed by atoms with van der Waals surface area (Å²) in [5.41, 5.74) is 5.46. The molecule has 0 bridgehead atoms. The quantitative estimate of drug-likeness (QED) is 0.634. The van der Waals surface area contributed by atoms with Crippen LogP contribution in [0, 0.1) is 0 Å². The summed E-state index contributed by atoms with van der Waals surface area (Å²) in [6.45, 7) is 6.15. The highest BCUT2D eigenvalue weighted by Gasteiger charge is 2.26. The summed E-state index contributed by atoms with van der Waals surface area (Å²) in [5.74, 6) is 0.811. The molecule has 2 aliphatic rings. The predicted molar refractivity (Wildman–Crippen MR) is 133 cm³/mol. The lowest BCUT2D eigenvalue weighted by molar-refractivity contribution is 0.102. The van der Waals surface area contributed by atoms with Crippen LogP contribution in [-0.4, -0.2) is 46.8 Å². The summed E-state index contributed by atoms with van der Waals surface area (Å²) in [6.07, 6.45) is 4.32. The van der Waals surface area contributed by atoms with Crippen LogP contribution >= 0.6 is 0 Å². The van der Waals surface area contributed by atoms with E-state index in [4.69, 9.17) is 0 Å². The summed E-state index contributed by atoms with van der Waals surface area (Å²) in [7, 11) is 1.93. The lowest BCUT2D eigenvalue weighted by atomic mass is 9.97. The van der Waals surface area contributed by atoms with E-state index in [1.807, 2.05) is 29.9 Å². The van der Waals surface area contributed by atoms with Gasteiger partial charge in [-0.25, -0.2) is 0 Å². The Morgan fingerprint density at radius 3 is 2.42 bits per heavy atom. The first-order chi connectivity index (χ1) is 16.1. The number of nitrogens with zero attached hydrogens (tertiary/aromatic N) is 4. The molecule has 1 unspecified atom stereocenters. The summed E-state index contributed by atoms with van der Waals surface area (Å²) < 4.78 is 1.84. The second-order valence-electron chi connectivity index (χ2n) is 9.18.